The van der Waals surface area contributed by atoms with Crippen molar-refractivity contribution >= 4 is 23.9 Å². The van der Waals surface area contributed by atoms with Gasteiger partial charge in [-0.15, -0.1) is 0 Å². The highest BCUT2D eigenvalue weighted by Gasteiger charge is 2.78. The molecule has 2 saturated carbocycles. The first-order valence-electron chi connectivity index (χ1n) is 17.2. The number of fused-ring (bicyclic) bond motifs is 8. The van der Waals surface area contributed by atoms with Crippen LogP contribution in [0.15, 0.2) is 35.4 Å². The lowest BCUT2D eigenvalue weighted by atomic mass is 9.45. The van der Waals surface area contributed by atoms with Crippen LogP contribution in [0.5, 0.6) is 5.75 Å². The molecule has 12 nitrogen and oxygen atoms in total. The van der Waals surface area contributed by atoms with Gasteiger partial charge in [0.15, 0.2) is 11.4 Å². The van der Waals surface area contributed by atoms with Crippen LogP contribution >= 0.6 is 0 Å². The molecule has 10 atom stereocenters. The number of halogens is 2. The van der Waals surface area contributed by atoms with E-state index in [4.69, 9.17) is 37.9 Å². The SMILES string of the molecule is COc1cccc(C(=O)O[C@H]2[C@@H]3[C@]4(OC(=O)C(F)F)CO[C@@H]4C[C@H](OC(C)=O)[C@@]3(C)[C@H]3OC(C)(C)O[C@@H]3C3=C(C)[C@@H](OC(C)=O)C[C@@H]2C3(C)C)c1. The quantitative estimate of drug-likeness (QED) is 0.214. The van der Waals surface area contributed by atoms with E-state index in [1.165, 1.54) is 27.0 Å². The van der Waals surface area contributed by atoms with Crippen LogP contribution in [-0.2, 0) is 47.5 Å². The van der Waals surface area contributed by atoms with Crippen LogP contribution in [0.1, 0.15) is 78.6 Å². The molecule has 2 saturated heterocycles. The fourth-order valence-electron chi connectivity index (χ4n) is 9.66. The summed E-state index contributed by atoms with van der Waals surface area (Å²) in [6, 6.07) is 6.34. The number of carbonyl (C=O) groups is 4. The molecule has 51 heavy (non-hydrogen) atoms. The molecule has 6 rings (SSSR count). The zero-order valence-electron chi connectivity index (χ0n) is 30.3. The monoisotopic (exact) mass is 720 g/mol. The molecule has 2 aliphatic heterocycles. The number of rotatable bonds is 7. The minimum atomic E-state index is -3.47. The van der Waals surface area contributed by atoms with E-state index in [0.717, 1.165) is 11.1 Å². The molecule has 14 heteroatoms. The van der Waals surface area contributed by atoms with Gasteiger partial charge in [0, 0.05) is 31.6 Å². The summed E-state index contributed by atoms with van der Waals surface area (Å²) in [5.74, 6) is -6.39. The van der Waals surface area contributed by atoms with Gasteiger partial charge in [0.25, 0.3) is 0 Å². The van der Waals surface area contributed by atoms with Gasteiger partial charge in [0.2, 0.25) is 0 Å². The molecule has 0 aromatic heterocycles. The first-order valence-corrected chi connectivity index (χ1v) is 17.2. The van der Waals surface area contributed by atoms with Crippen LogP contribution in [0.3, 0.4) is 0 Å². The number of benzene rings is 1. The Morgan fingerprint density at radius 3 is 2.22 bits per heavy atom. The van der Waals surface area contributed by atoms with Crippen molar-refractivity contribution in [1.29, 1.82) is 0 Å². The lowest BCUT2D eigenvalue weighted by molar-refractivity contribution is -0.355. The Balaban J connectivity index is 1.66. The molecule has 1 aromatic carbocycles. The summed E-state index contributed by atoms with van der Waals surface area (Å²) in [4.78, 5) is 52.5. The van der Waals surface area contributed by atoms with Gasteiger partial charge in [-0.3, -0.25) is 9.59 Å². The standard InChI is InChI=1S/C37H46F2O12/c1-17-23(46-18(2)40)14-22-27(48-32(42)20-11-10-12-21(13-20)44-9)29-36(8,30-28(26(17)34(22,4)5)49-35(6,7)50-30)24(47-19(3)41)15-25-37(29,16-45-25)51-33(43)31(38)39/h10-13,22-25,27-31H,14-16H2,1-9H3/t22-,23-,24-,25+,27+,28+,29-,30-,36+,37-/m0/s1. The number of ether oxygens (including phenoxy) is 8. The van der Waals surface area contributed by atoms with E-state index >= 15 is 0 Å². The summed E-state index contributed by atoms with van der Waals surface area (Å²) in [6.07, 6.45) is -9.22. The minimum Gasteiger partial charge on any atom is -0.497 e. The highest BCUT2D eigenvalue weighted by atomic mass is 19.3. The van der Waals surface area contributed by atoms with E-state index < -0.39 is 101 Å². The third kappa shape index (κ3) is 6.00. The third-order valence-electron chi connectivity index (χ3n) is 11.7. The predicted molar refractivity (Wildman–Crippen MR) is 172 cm³/mol. The maximum atomic E-state index is 14.3. The number of alkyl halides is 2. The normalized spacial score (nSPS) is 37.3. The van der Waals surface area contributed by atoms with Crippen molar-refractivity contribution in [1.82, 2.24) is 0 Å². The van der Waals surface area contributed by atoms with Crippen LogP contribution in [0.25, 0.3) is 0 Å². The van der Waals surface area contributed by atoms with Crippen LogP contribution in [-0.4, -0.2) is 92.0 Å². The van der Waals surface area contributed by atoms with E-state index in [-0.39, 0.29) is 25.0 Å². The Morgan fingerprint density at radius 2 is 1.63 bits per heavy atom. The molecule has 1 aromatic rings. The van der Waals surface area contributed by atoms with E-state index in [2.05, 4.69) is 0 Å². The molecular formula is C37H46F2O12. The molecule has 0 spiro atoms. The van der Waals surface area contributed by atoms with E-state index in [1.54, 1.807) is 39.0 Å². The summed E-state index contributed by atoms with van der Waals surface area (Å²) in [5, 5.41) is 0. The van der Waals surface area contributed by atoms with E-state index in [9.17, 15) is 28.0 Å². The van der Waals surface area contributed by atoms with Gasteiger partial charge in [0.1, 0.15) is 42.4 Å². The number of carbonyl (C=O) groups excluding carboxylic acids is 4. The molecule has 5 aliphatic rings. The van der Waals surface area contributed by atoms with Gasteiger partial charge in [0.05, 0.1) is 25.2 Å². The van der Waals surface area contributed by atoms with Crippen LogP contribution < -0.4 is 4.74 Å². The van der Waals surface area contributed by atoms with Gasteiger partial charge in [-0.05, 0) is 62.0 Å². The number of hydrogen-bond acceptors (Lipinski definition) is 12. The summed E-state index contributed by atoms with van der Waals surface area (Å²) in [5.41, 5.74) is -2.46. The lowest BCUT2D eigenvalue weighted by Gasteiger charge is -2.67. The van der Waals surface area contributed by atoms with Gasteiger partial charge in [-0.25, -0.2) is 9.59 Å². The Kier molecular flexibility index (Phi) is 9.32. The first-order chi connectivity index (χ1) is 23.8. The largest absolute Gasteiger partial charge is 0.497 e. The Labute approximate surface area is 295 Å². The van der Waals surface area contributed by atoms with E-state index in [1.807, 2.05) is 20.8 Å². The van der Waals surface area contributed by atoms with Gasteiger partial charge < -0.3 is 37.9 Å². The van der Waals surface area contributed by atoms with E-state index in [0.29, 0.717) is 5.75 Å². The summed E-state index contributed by atoms with van der Waals surface area (Å²) < 4.78 is 77.3. The molecule has 2 heterocycles. The van der Waals surface area contributed by atoms with Crippen molar-refractivity contribution in [3.8, 4) is 5.75 Å². The van der Waals surface area contributed by atoms with Crippen LogP contribution in [0.2, 0.25) is 0 Å². The average Bonchev–Trinajstić information content (AvgIpc) is 3.35. The molecule has 0 radical (unpaired) electrons. The smallest absolute Gasteiger partial charge is 0.374 e. The zero-order valence-corrected chi connectivity index (χ0v) is 30.3. The van der Waals surface area contributed by atoms with Crippen molar-refractivity contribution < 1.29 is 65.9 Å². The fraction of sp³-hybridized carbons (Fsp3) is 0.676. The molecular weight excluding hydrogens is 674 g/mol. The lowest BCUT2D eigenvalue weighted by Crippen LogP contribution is -2.80. The van der Waals surface area contributed by atoms with Gasteiger partial charge in [-0.2, -0.15) is 8.78 Å². The Bertz CT molecular complexity index is 1640. The second-order valence-electron chi connectivity index (χ2n) is 15.5. The molecule has 0 N–H and O–H groups in total. The summed E-state index contributed by atoms with van der Waals surface area (Å²) in [7, 11) is 1.46. The zero-order chi connectivity index (χ0) is 37.4. The predicted octanol–water partition coefficient (Wildman–Crippen LogP) is 4.95. The highest BCUT2D eigenvalue weighted by molar-refractivity contribution is 5.90. The second-order valence-corrected chi connectivity index (χ2v) is 15.5. The molecule has 0 amide bonds. The highest BCUT2D eigenvalue weighted by Crippen LogP contribution is 2.66. The second kappa shape index (κ2) is 12.8. The molecule has 3 aliphatic carbocycles. The summed E-state index contributed by atoms with van der Waals surface area (Å²) >= 11 is 0. The van der Waals surface area contributed by atoms with Crippen molar-refractivity contribution in [2.24, 2.45) is 22.7 Å². The van der Waals surface area contributed by atoms with Crippen molar-refractivity contribution in [2.45, 2.75) is 123 Å². The van der Waals surface area contributed by atoms with Crippen molar-refractivity contribution in [3.63, 3.8) is 0 Å². The minimum absolute atomic E-state index is 0.0329. The summed E-state index contributed by atoms with van der Waals surface area (Å²) in [6.45, 7) is 13.3. The van der Waals surface area contributed by atoms with Gasteiger partial charge in [-0.1, -0.05) is 26.8 Å². The Morgan fingerprint density at radius 1 is 0.941 bits per heavy atom. The van der Waals surface area contributed by atoms with Crippen LogP contribution in [0.4, 0.5) is 8.78 Å². The number of methoxy groups -OCH3 is 1. The molecule has 280 valence electrons. The maximum Gasteiger partial charge on any atom is 0.374 e. The van der Waals surface area contributed by atoms with Crippen LogP contribution in [0, 0.1) is 22.7 Å². The van der Waals surface area contributed by atoms with Gasteiger partial charge >= 0.3 is 30.3 Å². The molecule has 0 unspecified atom stereocenters. The van der Waals surface area contributed by atoms with Crippen molar-refractivity contribution in [3.05, 3.63) is 41.0 Å². The first kappa shape index (κ1) is 37.1. The van der Waals surface area contributed by atoms with Crippen molar-refractivity contribution in [2.75, 3.05) is 13.7 Å². The Hall–Kier alpha value is -3.62. The number of hydrogen-bond donors (Lipinski definition) is 0. The molecule has 2 bridgehead atoms. The fourth-order valence-corrected chi connectivity index (χ4v) is 9.66. The molecule has 4 fully saturated rings. The maximum absolute atomic E-state index is 14.3. The average molecular weight is 721 g/mol. The number of esters is 4. The third-order valence-corrected chi connectivity index (χ3v) is 11.7. The topological polar surface area (TPSA) is 142 Å².